The molecule has 1 N–H and O–H groups in total. The van der Waals surface area contributed by atoms with Gasteiger partial charge in [0.1, 0.15) is 5.75 Å². The molecule has 3 rings (SSSR count). The molecule has 0 aliphatic carbocycles. The summed E-state index contributed by atoms with van der Waals surface area (Å²) in [5.41, 5.74) is 2.74. The van der Waals surface area contributed by atoms with Crippen LogP contribution in [-0.2, 0) is 17.4 Å². The molecular weight excluding hydrogens is 461 g/mol. The van der Waals surface area contributed by atoms with Crippen LogP contribution in [0.15, 0.2) is 24.3 Å². The van der Waals surface area contributed by atoms with Gasteiger partial charge in [-0.1, -0.05) is 26.0 Å². The highest BCUT2D eigenvalue weighted by Gasteiger charge is 2.37. The van der Waals surface area contributed by atoms with Crippen LogP contribution in [0.5, 0.6) is 5.75 Å². The van der Waals surface area contributed by atoms with Gasteiger partial charge in [0.05, 0.1) is 13.2 Å². The van der Waals surface area contributed by atoms with E-state index >= 15 is 0 Å². The molecule has 11 heteroatoms. The predicted molar refractivity (Wildman–Crippen MR) is 125 cm³/mol. The minimum absolute atomic E-state index is 0.0264. The van der Waals surface area contributed by atoms with Gasteiger partial charge in [0, 0.05) is 24.4 Å². The maximum Gasteiger partial charge on any atom is 0.453 e. The molecule has 35 heavy (non-hydrogen) atoms. The third-order valence-corrected chi connectivity index (χ3v) is 6.13. The van der Waals surface area contributed by atoms with E-state index in [4.69, 9.17) is 4.74 Å². The summed E-state index contributed by atoms with van der Waals surface area (Å²) in [4.78, 5) is 22.6. The largest absolute Gasteiger partial charge is 0.497 e. The molecule has 190 valence electrons. The number of amides is 1. The van der Waals surface area contributed by atoms with Crippen LogP contribution in [0.4, 0.5) is 13.2 Å². The summed E-state index contributed by atoms with van der Waals surface area (Å²) in [6.45, 7) is 9.54. The van der Waals surface area contributed by atoms with E-state index in [1.165, 1.54) is 0 Å². The molecule has 0 spiro atoms. The zero-order chi connectivity index (χ0) is 25.8. The lowest BCUT2D eigenvalue weighted by molar-refractivity contribution is -0.144. The average molecular weight is 493 g/mol. The van der Waals surface area contributed by atoms with Crippen LogP contribution in [0.2, 0.25) is 0 Å². The van der Waals surface area contributed by atoms with Crippen LogP contribution in [0.1, 0.15) is 54.6 Å². The van der Waals surface area contributed by atoms with Gasteiger partial charge in [-0.05, 0) is 56.6 Å². The normalized spacial score (nSPS) is 12.8. The minimum atomic E-state index is -4.65. The number of likely N-dealkylation sites (N-methyl/N-ethyl adjacent to an activating group) is 1. The van der Waals surface area contributed by atoms with Gasteiger partial charge >= 0.3 is 6.18 Å². The number of fused-ring (bicyclic) bond motifs is 1. The van der Waals surface area contributed by atoms with Gasteiger partial charge in [-0.15, -0.1) is 5.10 Å². The topological polar surface area (TPSA) is 84.7 Å². The molecule has 0 aliphatic rings. The van der Waals surface area contributed by atoms with Gasteiger partial charge in [-0.25, -0.2) is 9.50 Å². The van der Waals surface area contributed by atoms with Crippen LogP contribution in [0.25, 0.3) is 5.78 Å². The molecule has 2 heterocycles. The molecule has 0 saturated carbocycles. The lowest BCUT2D eigenvalue weighted by Crippen LogP contribution is -2.38. The minimum Gasteiger partial charge on any atom is -0.497 e. The Balaban J connectivity index is 1.71. The monoisotopic (exact) mass is 492 g/mol. The summed E-state index contributed by atoms with van der Waals surface area (Å²) >= 11 is 0. The molecule has 1 atom stereocenters. The number of hydrogen-bond donors (Lipinski definition) is 1. The number of aromatic nitrogens is 4. The van der Waals surface area contributed by atoms with Crippen molar-refractivity contribution < 1.29 is 22.7 Å². The molecule has 2 aromatic heterocycles. The van der Waals surface area contributed by atoms with Crippen molar-refractivity contribution in [1.82, 2.24) is 29.8 Å². The van der Waals surface area contributed by atoms with E-state index in [1.54, 1.807) is 21.0 Å². The number of ether oxygens (including phenoxy) is 1. The van der Waals surface area contributed by atoms with Gasteiger partial charge < -0.3 is 10.1 Å². The van der Waals surface area contributed by atoms with Crippen molar-refractivity contribution in [3.05, 3.63) is 52.6 Å². The molecule has 0 fully saturated rings. The number of nitrogens with one attached hydrogen (secondary N) is 1. The van der Waals surface area contributed by atoms with Crippen molar-refractivity contribution in [2.45, 2.75) is 52.8 Å². The fraction of sp³-hybridized carbons (Fsp3) is 0.500. The number of alkyl halides is 3. The Hall–Kier alpha value is -3.21. The number of aryl methyl sites for hydroxylation is 2. The first-order valence-electron chi connectivity index (χ1n) is 11.5. The van der Waals surface area contributed by atoms with E-state index in [0.29, 0.717) is 29.9 Å². The maximum atomic E-state index is 13.0. The summed E-state index contributed by atoms with van der Waals surface area (Å²) in [6.07, 6.45) is -4.17. The number of benzene rings is 1. The number of hydrogen-bond acceptors (Lipinski definition) is 6. The molecule has 0 aliphatic heterocycles. The number of methoxy groups -OCH3 is 1. The van der Waals surface area contributed by atoms with Gasteiger partial charge in [-0.2, -0.15) is 18.2 Å². The van der Waals surface area contributed by atoms with Crippen molar-refractivity contribution in [2.24, 2.45) is 0 Å². The lowest BCUT2D eigenvalue weighted by atomic mass is 10.0. The smallest absolute Gasteiger partial charge is 0.453 e. The van der Waals surface area contributed by atoms with Gasteiger partial charge in [0.15, 0.2) is 0 Å². The molecule has 0 unspecified atom stereocenters. The summed E-state index contributed by atoms with van der Waals surface area (Å²) in [7, 11) is 1.62. The molecule has 0 saturated heterocycles. The SMILES string of the molecule is CCN(CC)[C@H](CNC(=O)CCc1c(C)nc2nc(C(F)(F)F)nn2c1C)c1cccc(OC)c1. The van der Waals surface area contributed by atoms with E-state index in [0.717, 1.165) is 28.9 Å². The number of rotatable bonds is 10. The Labute approximate surface area is 202 Å². The highest BCUT2D eigenvalue weighted by molar-refractivity contribution is 5.76. The van der Waals surface area contributed by atoms with Crippen LogP contribution >= 0.6 is 0 Å². The van der Waals surface area contributed by atoms with E-state index in [2.05, 4.69) is 39.1 Å². The van der Waals surface area contributed by atoms with Gasteiger partial charge in [0.2, 0.25) is 5.91 Å². The second kappa shape index (κ2) is 11.0. The van der Waals surface area contributed by atoms with Crippen LogP contribution < -0.4 is 10.1 Å². The second-order valence-corrected chi connectivity index (χ2v) is 8.22. The molecule has 0 radical (unpaired) electrons. The summed E-state index contributed by atoms with van der Waals surface area (Å²) in [5, 5.41) is 6.57. The van der Waals surface area contributed by atoms with Crippen molar-refractivity contribution in [3.8, 4) is 5.75 Å². The van der Waals surface area contributed by atoms with E-state index < -0.39 is 12.0 Å². The first kappa shape index (κ1) is 26.4. The number of halogens is 3. The first-order chi connectivity index (χ1) is 16.6. The Morgan fingerprint density at radius 2 is 1.91 bits per heavy atom. The zero-order valence-corrected chi connectivity index (χ0v) is 20.6. The zero-order valence-electron chi connectivity index (χ0n) is 20.6. The van der Waals surface area contributed by atoms with Crippen molar-refractivity contribution in [3.63, 3.8) is 0 Å². The fourth-order valence-electron chi connectivity index (χ4n) is 4.20. The van der Waals surface area contributed by atoms with Crippen LogP contribution in [0, 0.1) is 13.8 Å². The van der Waals surface area contributed by atoms with Gasteiger partial charge in [-0.3, -0.25) is 9.69 Å². The molecular formula is C24H31F3N6O2. The average Bonchev–Trinajstić information content (AvgIpc) is 3.26. The van der Waals surface area contributed by atoms with E-state index in [1.807, 2.05) is 24.3 Å². The third-order valence-electron chi connectivity index (χ3n) is 6.13. The molecule has 3 aromatic rings. The summed E-state index contributed by atoms with van der Waals surface area (Å²) in [6, 6.07) is 7.76. The molecule has 1 aromatic carbocycles. The highest BCUT2D eigenvalue weighted by atomic mass is 19.4. The molecule has 8 nitrogen and oxygen atoms in total. The summed E-state index contributed by atoms with van der Waals surface area (Å²) < 4.78 is 45.5. The lowest BCUT2D eigenvalue weighted by Gasteiger charge is -2.30. The Morgan fingerprint density at radius 1 is 1.20 bits per heavy atom. The highest BCUT2D eigenvalue weighted by Crippen LogP contribution is 2.27. The van der Waals surface area contributed by atoms with E-state index in [-0.39, 0.29) is 24.1 Å². The van der Waals surface area contributed by atoms with Crippen LogP contribution in [-0.4, -0.2) is 57.1 Å². The predicted octanol–water partition coefficient (Wildman–Crippen LogP) is 3.90. The van der Waals surface area contributed by atoms with Gasteiger partial charge in [0.25, 0.3) is 11.6 Å². The van der Waals surface area contributed by atoms with E-state index in [9.17, 15) is 18.0 Å². The quantitative estimate of drug-likeness (QED) is 0.462. The third kappa shape index (κ3) is 6.08. The molecule has 0 bridgehead atoms. The Bertz CT molecular complexity index is 1170. The standard InChI is InChI=1S/C24H31F3N6O2/c1-6-32(7-2)20(17-9-8-10-18(13-17)35-5)14-28-21(34)12-11-19-15(3)29-23-30-22(24(25,26)27)31-33(23)16(19)4/h8-10,13,20H,6-7,11-12,14H2,1-5H3,(H,28,34)/t20-/m1/s1. The first-order valence-corrected chi connectivity index (χ1v) is 11.5. The Kier molecular flexibility index (Phi) is 8.31. The maximum absolute atomic E-state index is 13.0. The fourth-order valence-corrected chi connectivity index (χ4v) is 4.20. The van der Waals surface area contributed by atoms with Crippen molar-refractivity contribution in [2.75, 3.05) is 26.7 Å². The second-order valence-electron chi connectivity index (χ2n) is 8.22. The van der Waals surface area contributed by atoms with Crippen LogP contribution in [0.3, 0.4) is 0 Å². The molecule has 1 amide bonds. The van der Waals surface area contributed by atoms with Crippen molar-refractivity contribution >= 4 is 11.7 Å². The number of carbonyl (C=O) groups is 1. The number of nitrogens with zero attached hydrogens (tertiary/aromatic N) is 5. The van der Waals surface area contributed by atoms with Crippen molar-refractivity contribution in [1.29, 1.82) is 0 Å². The summed E-state index contributed by atoms with van der Waals surface area (Å²) in [5.74, 6) is -0.747. The Morgan fingerprint density at radius 3 is 2.54 bits per heavy atom. The number of carbonyl (C=O) groups excluding carboxylic acids is 1.